The molecule has 7 nitrogen and oxygen atoms in total. The number of piperidine rings is 1. The second-order valence-electron chi connectivity index (χ2n) is 15.0. The molecule has 6 aliphatic rings. The standard InChI is InChI=1S/C36H43F3N2O5/c1-21(2)19-41(20-24-12-13-24)15-14-34-26-10-7-11-30(34)46-32-31(34)25(17-28(26)41)29(45-22(3)42)18-35(32,44)40-33(43)27(36(37,38)39)16-23-8-5-4-6-9-23/h4-6,8-9,16,18,21,24,26,28,30,32,44H,7,10-15,17,19-20H2,1-3H3/p+1/t26-,28+,30-,32?,34+,35?,41?/m0/s1. The Balaban J connectivity index is 1.32. The molecule has 10 heteroatoms. The molecule has 4 aliphatic carbocycles. The Kier molecular flexibility index (Phi) is 7.61. The highest BCUT2D eigenvalue weighted by Crippen LogP contribution is 2.68. The molecule has 46 heavy (non-hydrogen) atoms. The average Bonchev–Trinajstić information content (AvgIpc) is 3.71. The summed E-state index contributed by atoms with van der Waals surface area (Å²) in [4.78, 5) is 26.0. The molecule has 3 unspecified atom stereocenters. The van der Waals surface area contributed by atoms with Crippen molar-refractivity contribution in [2.45, 2.75) is 95.9 Å². The quantitative estimate of drug-likeness (QED) is 0.162. The first-order valence-electron chi connectivity index (χ1n) is 16.8. The molecule has 1 amide bonds. The van der Waals surface area contributed by atoms with Crippen LogP contribution in [0.5, 0.6) is 0 Å². The summed E-state index contributed by atoms with van der Waals surface area (Å²) in [5, 5.41) is 14.5. The number of carbonyl (C=O) groups excluding carboxylic acids is 2. The number of likely N-dealkylation sites (tertiary alicyclic amines) is 1. The van der Waals surface area contributed by atoms with Crippen LogP contribution in [0, 0.1) is 23.2 Å². The van der Waals surface area contributed by atoms with Crippen LogP contribution in [-0.4, -0.2) is 71.3 Å². The molecule has 2 bridgehead atoms. The summed E-state index contributed by atoms with van der Waals surface area (Å²) in [5.41, 5.74) is -2.41. The first-order chi connectivity index (χ1) is 21.8. The Bertz CT molecular complexity index is 1510. The molecule has 1 spiro atoms. The average molecular weight is 642 g/mol. The summed E-state index contributed by atoms with van der Waals surface area (Å²) in [5.74, 6) is -0.481. The van der Waals surface area contributed by atoms with Gasteiger partial charge in [-0.1, -0.05) is 50.6 Å². The van der Waals surface area contributed by atoms with Crippen LogP contribution >= 0.6 is 0 Å². The molecule has 2 heterocycles. The second-order valence-corrected chi connectivity index (χ2v) is 15.0. The summed E-state index contributed by atoms with van der Waals surface area (Å²) in [7, 11) is 0. The van der Waals surface area contributed by atoms with Crippen molar-refractivity contribution in [3.63, 3.8) is 0 Å². The van der Waals surface area contributed by atoms with E-state index in [0.717, 1.165) is 72.9 Å². The van der Waals surface area contributed by atoms with Gasteiger partial charge in [0.05, 0.1) is 31.8 Å². The first-order valence-corrected chi connectivity index (χ1v) is 16.8. The van der Waals surface area contributed by atoms with Crippen LogP contribution in [0.15, 0.2) is 58.9 Å². The van der Waals surface area contributed by atoms with Gasteiger partial charge >= 0.3 is 12.1 Å². The van der Waals surface area contributed by atoms with Gasteiger partial charge in [-0.15, -0.1) is 0 Å². The lowest BCUT2D eigenvalue weighted by Crippen LogP contribution is -2.71. The van der Waals surface area contributed by atoms with Gasteiger partial charge in [0.25, 0.3) is 5.91 Å². The summed E-state index contributed by atoms with van der Waals surface area (Å²) < 4.78 is 56.4. The van der Waals surface area contributed by atoms with Crippen molar-refractivity contribution in [3.8, 4) is 0 Å². The van der Waals surface area contributed by atoms with Crippen LogP contribution in [-0.2, 0) is 19.1 Å². The number of quaternary nitrogens is 1. The third-order valence-corrected chi connectivity index (χ3v) is 11.5. The normalized spacial score (nSPS) is 36.7. The molecule has 1 aromatic carbocycles. The topological polar surface area (TPSA) is 84.9 Å². The molecule has 0 radical (unpaired) electrons. The minimum Gasteiger partial charge on any atom is -0.427 e. The van der Waals surface area contributed by atoms with Crippen molar-refractivity contribution in [1.82, 2.24) is 5.32 Å². The van der Waals surface area contributed by atoms with Gasteiger partial charge in [-0.2, -0.15) is 13.2 Å². The van der Waals surface area contributed by atoms with E-state index in [-0.39, 0.29) is 29.4 Å². The van der Waals surface area contributed by atoms with Gasteiger partial charge < -0.3 is 24.4 Å². The SMILES string of the molecule is CC(=O)OC1=CC(O)(NC(=O)C(=Cc2ccccc2)C(F)(F)F)C2O[C@H]3CCC[C@H]4[C@H]5CC1=C2[C@@]34CC[N+]5(CC(C)C)CC1CC1. The molecule has 2 aliphatic heterocycles. The van der Waals surface area contributed by atoms with Crippen LogP contribution in [0.3, 0.4) is 0 Å². The number of halogens is 3. The Labute approximate surface area is 268 Å². The number of ether oxygens (including phenoxy) is 2. The lowest BCUT2D eigenvalue weighted by Gasteiger charge is -2.63. The van der Waals surface area contributed by atoms with E-state index in [1.54, 1.807) is 18.2 Å². The van der Waals surface area contributed by atoms with Gasteiger partial charge in [-0.3, -0.25) is 9.59 Å². The van der Waals surface area contributed by atoms with Gasteiger partial charge in [0.1, 0.15) is 17.4 Å². The van der Waals surface area contributed by atoms with Crippen molar-refractivity contribution in [3.05, 3.63) is 64.4 Å². The number of esters is 1. The zero-order valence-electron chi connectivity index (χ0n) is 26.7. The highest BCUT2D eigenvalue weighted by atomic mass is 19.4. The zero-order chi connectivity index (χ0) is 32.6. The number of hydrogen-bond donors (Lipinski definition) is 2. The molecular weight excluding hydrogens is 597 g/mol. The van der Waals surface area contributed by atoms with E-state index in [1.807, 2.05) is 0 Å². The number of hydrogen-bond acceptors (Lipinski definition) is 5. The van der Waals surface area contributed by atoms with Gasteiger partial charge in [-0.05, 0) is 42.9 Å². The third kappa shape index (κ3) is 5.15. The molecule has 7 atom stereocenters. The number of alkyl halides is 3. The minimum absolute atomic E-state index is 0.121. The molecule has 7 rings (SSSR count). The van der Waals surface area contributed by atoms with E-state index in [9.17, 15) is 27.9 Å². The second kappa shape index (κ2) is 11.1. The Morgan fingerprint density at radius 2 is 1.91 bits per heavy atom. The van der Waals surface area contributed by atoms with E-state index in [1.165, 1.54) is 38.0 Å². The third-order valence-electron chi connectivity index (χ3n) is 11.5. The van der Waals surface area contributed by atoms with Gasteiger partial charge in [0, 0.05) is 54.6 Å². The first kappa shape index (κ1) is 31.6. The van der Waals surface area contributed by atoms with E-state index in [0.29, 0.717) is 12.3 Å². The van der Waals surface area contributed by atoms with Crippen LogP contribution in [0.25, 0.3) is 6.08 Å². The molecule has 2 saturated carbocycles. The minimum atomic E-state index is -4.99. The summed E-state index contributed by atoms with van der Waals surface area (Å²) >= 11 is 0. The molecule has 2 saturated heterocycles. The van der Waals surface area contributed by atoms with E-state index in [4.69, 9.17) is 9.47 Å². The number of rotatable bonds is 8. The maximum absolute atomic E-state index is 14.3. The maximum atomic E-state index is 14.3. The monoisotopic (exact) mass is 641 g/mol. The summed E-state index contributed by atoms with van der Waals surface area (Å²) in [6.45, 7) is 8.98. The summed E-state index contributed by atoms with van der Waals surface area (Å²) in [6.07, 6.45) is 2.36. The van der Waals surface area contributed by atoms with E-state index in [2.05, 4.69) is 19.2 Å². The predicted octanol–water partition coefficient (Wildman–Crippen LogP) is 5.81. The molecule has 2 N–H and O–H groups in total. The molecule has 4 fully saturated rings. The van der Waals surface area contributed by atoms with Crippen molar-refractivity contribution >= 4 is 18.0 Å². The highest BCUT2D eigenvalue weighted by Gasteiger charge is 2.72. The largest absolute Gasteiger partial charge is 0.427 e. The fourth-order valence-electron chi connectivity index (χ4n) is 9.96. The van der Waals surface area contributed by atoms with Crippen molar-refractivity contribution in [2.75, 3.05) is 19.6 Å². The number of amides is 1. The summed E-state index contributed by atoms with van der Waals surface area (Å²) in [6, 6.07) is 8.05. The molecule has 1 aromatic rings. The number of nitrogens with zero attached hydrogens (tertiary/aromatic N) is 1. The smallest absolute Gasteiger partial charge is 0.421 e. The number of nitrogens with one attached hydrogen (secondary N) is 1. The number of allylic oxidation sites excluding steroid dienone is 1. The molecule has 248 valence electrons. The van der Waals surface area contributed by atoms with Crippen LogP contribution in [0.1, 0.15) is 71.3 Å². The van der Waals surface area contributed by atoms with Crippen molar-refractivity contribution in [1.29, 1.82) is 0 Å². The highest BCUT2D eigenvalue weighted by molar-refractivity contribution is 5.99. The van der Waals surface area contributed by atoms with Gasteiger partial charge in [-0.25, -0.2) is 0 Å². The Morgan fingerprint density at radius 3 is 2.57 bits per heavy atom. The van der Waals surface area contributed by atoms with Crippen molar-refractivity contribution < 1.29 is 41.8 Å². The van der Waals surface area contributed by atoms with Crippen LogP contribution in [0.4, 0.5) is 13.2 Å². The Morgan fingerprint density at radius 1 is 1.17 bits per heavy atom. The maximum Gasteiger partial charge on any atom is 0.421 e. The lowest BCUT2D eigenvalue weighted by molar-refractivity contribution is -0.967. The Hall–Kier alpha value is -2.95. The zero-order valence-corrected chi connectivity index (χ0v) is 26.7. The van der Waals surface area contributed by atoms with E-state index >= 15 is 0 Å². The predicted molar refractivity (Wildman–Crippen MR) is 164 cm³/mol. The van der Waals surface area contributed by atoms with E-state index < -0.39 is 40.9 Å². The van der Waals surface area contributed by atoms with Gasteiger partial charge in [0.15, 0.2) is 5.72 Å². The lowest BCUT2D eigenvalue weighted by atomic mass is 9.49. The molecular formula is C36H44F3N2O5+. The number of benzene rings is 1. The number of aliphatic hydroxyl groups is 1. The van der Waals surface area contributed by atoms with Crippen LogP contribution < -0.4 is 5.32 Å². The van der Waals surface area contributed by atoms with Crippen LogP contribution in [0.2, 0.25) is 0 Å². The fourth-order valence-corrected chi connectivity index (χ4v) is 9.96. The van der Waals surface area contributed by atoms with Gasteiger partial charge in [0.2, 0.25) is 0 Å². The number of carbonyl (C=O) groups is 2. The van der Waals surface area contributed by atoms with Crippen molar-refractivity contribution in [2.24, 2.45) is 23.2 Å². The fraction of sp³-hybridized carbons (Fsp3) is 0.611. The molecule has 0 aromatic heterocycles.